The molecule has 0 bridgehead atoms. The van der Waals surface area contributed by atoms with Crippen LogP contribution in [0, 0.1) is 30.3 Å². The van der Waals surface area contributed by atoms with Crippen molar-refractivity contribution >= 4 is 46.0 Å². The van der Waals surface area contributed by atoms with Crippen LogP contribution in [-0.2, 0) is 11.3 Å². The van der Waals surface area contributed by atoms with Gasteiger partial charge in [-0.05, 0) is 47.2 Å². The molecule has 1 aliphatic rings. The van der Waals surface area contributed by atoms with Crippen LogP contribution in [0.4, 0.5) is 21.9 Å². The van der Waals surface area contributed by atoms with Gasteiger partial charge in [0, 0.05) is 18.2 Å². The fraction of sp³-hybridized carbons (Fsp3) is 0.0833. The van der Waals surface area contributed by atoms with Gasteiger partial charge in [0.25, 0.3) is 22.5 Å². The summed E-state index contributed by atoms with van der Waals surface area (Å²) in [6.07, 6.45) is 1.46. The number of ether oxygens (including phenoxy) is 2. The van der Waals surface area contributed by atoms with Crippen LogP contribution in [0.15, 0.2) is 65.6 Å². The second-order valence-electron chi connectivity index (χ2n) is 7.87. The number of amides is 2. The van der Waals surface area contributed by atoms with Gasteiger partial charge in [-0.1, -0.05) is 18.2 Å². The Kier molecular flexibility index (Phi) is 7.53. The second-order valence-corrected chi connectivity index (χ2v) is 8.86. The number of carbonyl (C=O) groups is 2. The average molecular weight is 552 g/mol. The van der Waals surface area contributed by atoms with Gasteiger partial charge in [-0.2, -0.15) is 0 Å². The number of methoxy groups -OCH3 is 1. The third kappa shape index (κ3) is 5.83. The van der Waals surface area contributed by atoms with Gasteiger partial charge in [0.05, 0.1) is 39.4 Å². The summed E-state index contributed by atoms with van der Waals surface area (Å²) < 4.78 is 10.9. The molecule has 0 N–H and O–H groups in total. The third-order valence-corrected chi connectivity index (χ3v) is 6.32. The van der Waals surface area contributed by atoms with E-state index in [4.69, 9.17) is 9.47 Å². The minimum atomic E-state index is -0.810. The summed E-state index contributed by atoms with van der Waals surface area (Å²) in [4.78, 5) is 57.6. The molecule has 2 amide bonds. The molecule has 1 aliphatic heterocycles. The van der Waals surface area contributed by atoms with Crippen LogP contribution in [0.1, 0.15) is 11.1 Å². The Labute approximate surface area is 222 Å². The molecule has 39 heavy (non-hydrogen) atoms. The lowest BCUT2D eigenvalue weighted by Gasteiger charge is -2.12. The first-order chi connectivity index (χ1) is 18.6. The van der Waals surface area contributed by atoms with E-state index in [0.29, 0.717) is 11.1 Å². The molecule has 0 aromatic heterocycles. The molecule has 0 radical (unpaired) electrons. The molecule has 0 atom stereocenters. The van der Waals surface area contributed by atoms with E-state index in [2.05, 4.69) is 0 Å². The van der Waals surface area contributed by atoms with Gasteiger partial charge < -0.3 is 9.47 Å². The standard InChI is InChI=1S/C24H16N4O10S/c1-37-21-10-15(4-8-20(21)38-19-9-7-17(27(33)34)12-18(19)28(35)36)11-22-23(29)25(24(30)39-22)13-14-2-5-16(6-3-14)26(31)32/h2-12H,13H2,1H3/b22-11+. The normalized spacial score (nSPS) is 14.0. The first-order valence-corrected chi connectivity index (χ1v) is 11.7. The van der Waals surface area contributed by atoms with Crippen molar-refractivity contribution in [1.82, 2.24) is 4.90 Å². The highest BCUT2D eigenvalue weighted by Gasteiger charge is 2.35. The number of benzene rings is 3. The summed E-state index contributed by atoms with van der Waals surface area (Å²) in [5, 5.41) is 32.7. The molecular weight excluding hydrogens is 536 g/mol. The molecule has 1 saturated heterocycles. The topological polar surface area (TPSA) is 185 Å². The summed E-state index contributed by atoms with van der Waals surface area (Å²) in [6.45, 7) is -0.0654. The van der Waals surface area contributed by atoms with Gasteiger partial charge >= 0.3 is 5.69 Å². The average Bonchev–Trinajstić information content (AvgIpc) is 3.16. The van der Waals surface area contributed by atoms with Crippen molar-refractivity contribution in [2.24, 2.45) is 0 Å². The predicted molar refractivity (Wildman–Crippen MR) is 137 cm³/mol. The summed E-state index contributed by atoms with van der Waals surface area (Å²) >= 11 is 0.721. The number of thioether (sulfide) groups is 1. The fourth-order valence-electron chi connectivity index (χ4n) is 3.52. The van der Waals surface area contributed by atoms with Crippen LogP contribution in [0.5, 0.6) is 17.2 Å². The Morgan fingerprint density at radius 1 is 0.821 bits per heavy atom. The van der Waals surface area contributed by atoms with Crippen molar-refractivity contribution in [2.45, 2.75) is 6.54 Å². The highest BCUT2D eigenvalue weighted by Crippen LogP contribution is 2.39. The molecule has 0 saturated carbocycles. The van der Waals surface area contributed by atoms with Crippen molar-refractivity contribution in [3.05, 3.63) is 107 Å². The van der Waals surface area contributed by atoms with E-state index in [0.717, 1.165) is 34.9 Å². The van der Waals surface area contributed by atoms with Gasteiger partial charge in [-0.3, -0.25) is 44.8 Å². The minimum Gasteiger partial charge on any atom is -0.493 e. The van der Waals surface area contributed by atoms with E-state index in [9.17, 15) is 39.9 Å². The molecule has 3 aromatic carbocycles. The highest BCUT2D eigenvalue weighted by atomic mass is 32.2. The molecule has 4 rings (SSSR count). The van der Waals surface area contributed by atoms with Crippen molar-refractivity contribution in [3.63, 3.8) is 0 Å². The smallest absolute Gasteiger partial charge is 0.318 e. The van der Waals surface area contributed by atoms with Crippen LogP contribution < -0.4 is 9.47 Å². The van der Waals surface area contributed by atoms with Gasteiger partial charge in [0.15, 0.2) is 11.5 Å². The number of nitro benzene ring substituents is 3. The molecule has 3 aromatic rings. The lowest BCUT2D eigenvalue weighted by atomic mass is 10.1. The van der Waals surface area contributed by atoms with Gasteiger partial charge in [-0.15, -0.1) is 0 Å². The number of carbonyl (C=O) groups excluding carboxylic acids is 2. The molecule has 0 spiro atoms. The van der Waals surface area contributed by atoms with Crippen molar-refractivity contribution in [3.8, 4) is 17.2 Å². The maximum Gasteiger partial charge on any atom is 0.318 e. The van der Waals surface area contributed by atoms with E-state index < -0.39 is 37.3 Å². The van der Waals surface area contributed by atoms with Crippen molar-refractivity contribution in [2.75, 3.05) is 7.11 Å². The summed E-state index contributed by atoms with van der Waals surface area (Å²) in [7, 11) is 1.33. The Bertz CT molecular complexity index is 1550. The molecule has 0 aliphatic carbocycles. The van der Waals surface area contributed by atoms with Crippen LogP contribution >= 0.6 is 11.8 Å². The van der Waals surface area contributed by atoms with Crippen molar-refractivity contribution < 1.29 is 33.8 Å². The van der Waals surface area contributed by atoms with Gasteiger partial charge in [-0.25, -0.2) is 0 Å². The van der Waals surface area contributed by atoms with Gasteiger partial charge in [0.2, 0.25) is 5.75 Å². The monoisotopic (exact) mass is 552 g/mol. The minimum absolute atomic E-state index is 0.0654. The SMILES string of the molecule is COc1cc(/C=C2/SC(=O)N(Cc3ccc([N+](=O)[O-])cc3)C2=O)ccc1Oc1ccc([N+](=O)[O-])cc1[N+](=O)[O-]. The predicted octanol–water partition coefficient (Wildman–Crippen LogP) is 5.45. The Morgan fingerprint density at radius 2 is 1.46 bits per heavy atom. The maximum atomic E-state index is 12.9. The number of imide groups is 1. The van der Waals surface area contributed by atoms with Crippen LogP contribution in [0.2, 0.25) is 0 Å². The summed E-state index contributed by atoms with van der Waals surface area (Å²) in [5.74, 6) is -0.590. The lowest BCUT2D eigenvalue weighted by molar-refractivity contribution is -0.394. The third-order valence-electron chi connectivity index (χ3n) is 5.42. The molecule has 14 nitrogen and oxygen atoms in total. The van der Waals surface area contributed by atoms with Crippen LogP contribution in [0.25, 0.3) is 6.08 Å². The lowest BCUT2D eigenvalue weighted by Crippen LogP contribution is -2.27. The van der Waals surface area contributed by atoms with E-state index in [1.807, 2.05) is 0 Å². The number of hydrogen-bond donors (Lipinski definition) is 0. The molecule has 0 unspecified atom stereocenters. The number of nitrogens with zero attached hydrogens (tertiary/aromatic N) is 4. The zero-order chi connectivity index (χ0) is 28.3. The van der Waals surface area contributed by atoms with E-state index >= 15 is 0 Å². The van der Waals surface area contributed by atoms with E-state index in [1.165, 1.54) is 55.7 Å². The van der Waals surface area contributed by atoms with E-state index in [1.54, 1.807) is 0 Å². The Hall–Kier alpha value is -5.31. The number of hydrogen-bond acceptors (Lipinski definition) is 11. The summed E-state index contributed by atoms with van der Waals surface area (Å²) in [6, 6.07) is 12.9. The zero-order valence-corrected chi connectivity index (χ0v) is 20.7. The van der Waals surface area contributed by atoms with Crippen molar-refractivity contribution in [1.29, 1.82) is 0 Å². The van der Waals surface area contributed by atoms with Crippen LogP contribution in [-0.4, -0.2) is 37.9 Å². The molecule has 198 valence electrons. The number of non-ortho nitro benzene ring substituents is 2. The molecule has 1 heterocycles. The second kappa shape index (κ2) is 11.0. The number of rotatable bonds is 9. The maximum absolute atomic E-state index is 12.9. The van der Waals surface area contributed by atoms with E-state index in [-0.39, 0.29) is 34.4 Å². The summed E-state index contributed by atoms with van der Waals surface area (Å²) in [5.41, 5.74) is -0.209. The Morgan fingerprint density at radius 3 is 2.08 bits per heavy atom. The highest BCUT2D eigenvalue weighted by molar-refractivity contribution is 8.18. The zero-order valence-electron chi connectivity index (χ0n) is 19.8. The first kappa shape index (κ1) is 26.7. The quantitative estimate of drug-likeness (QED) is 0.187. The molecule has 1 fully saturated rings. The largest absolute Gasteiger partial charge is 0.493 e. The Balaban J connectivity index is 1.55. The van der Waals surface area contributed by atoms with Crippen LogP contribution in [0.3, 0.4) is 0 Å². The molecule has 15 heteroatoms. The number of nitro groups is 3. The first-order valence-electron chi connectivity index (χ1n) is 10.8. The van der Waals surface area contributed by atoms with Gasteiger partial charge in [0.1, 0.15) is 0 Å². The molecular formula is C24H16N4O10S. The fourth-order valence-corrected chi connectivity index (χ4v) is 4.36.